The number of benzene rings is 1. The van der Waals surface area contributed by atoms with Crippen molar-refractivity contribution >= 4 is 17.3 Å². The number of hydrogen-bond donors (Lipinski definition) is 1. The minimum absolute atomic E-state index is 0.0419. The Kier molecular flexibility index (Phi) is 3.81. The van der Waals surface area contributed by atoms with E-state index >= 15 is 0 Å². The molecule has 5 heteroatoms. The molecule has 2 heterocycles. The lowest BCUT2D eigenvalue weighted by molar-refractivity contribution is 0.0937. The fraction of sp³-hybridized carbons (Fsp3) is 0.556. The molecule has 0 unspecified atom stereocenters. The van der Waals surface area contributed by atoms with Crippen molar-refractivity contribution in [2.45, 2.75) is 44.7 Å². The van der Waals surface area contributed by atoms with E-state index in [9.17, 15) is 4.79 Å². The molecule has 5 nitrogen and oxygen atoms in total. The van der Waals surface area contributed by atoms with Crippen LogP contribution in [0.25, 0.3) is 0 Å². The molecule has 0 bridgehead atoms. The van der Waals surface area contributed by atoms with Crippen LogP contribution >= 0.6 is 0 Å². The number of hydrogen-bond acceptors (Lipinski definition) is 4. The molecule has 3 aliphatic rings. The van der Waals surface area contributed by atoms with E-state index in [1.165, 1.54) is 12.8 Å². The number of anilines is 1. The molecule has 1 saturated carbocycles. The molecule has 1 atom stereocenters. The normalized spacial score (nSPS) is 24.8. The summed E-state index contributed by atoms with van der Waals surface area (Å²) in [7, 11) is 0. The average molecular weight is 312 g/mol. The lowest BCUT2D eigenvalue weighted by atomic mass is 10.1. The maximum atomic E-state index is 12.4. The van der Waals surface area contributed by atoms with Crippen molar-refractivity contribution in [3.8, 4) is 0 Å². The number of amides is 1. The van der Waals surface area contributed by atoms with Crippen LogP contribution in [-0.4, -0.2) is 48.2 Å². The van der Waals surface area contributed by atoms with E-state index in [1.54, 1.807) is 0 Å². The van der Waals surface area contributed by atoms with Crippen molar-refractivity contribution in [3.63, 3.8) is 0 Å². The second kappa shape index (κ2) is 5.96. The Hall–Kier alpha value is -1.88. The Morgan fingerprint density at radius 3 is 2.61 bits per heavy atom. The molecule has 2 aliphatic heterocycles. The van der Waals surface area contributed by atoms with E-state index in [1.807, 2.05) is 36.2 Å². The maximum absolute atomic E-state index is 12.4. The molecule has 1 amide bonds. The summed E-state index contributed by atoms with van der Waals surface area (Å²) >= 11 is 0. The number of carbonyl (C=O) groups is 1. The van der Waals surface area contributed by atoms with Gasteiger partial charge in [-0.3, -0.25) is 14.7 Å². The zero-order valence-corrected chi connectivity index (χ0v) is 13.7. The van der Waals surface area contributed by atoms with Crippen LogP contribution in [0.2, 0.25) is 0 Å². The second-order valence-corrected chi connectivity index (χ2v) is 6.94. The van der Waals surface area contributed by atoms with Crippen molar-refractivity contribution < 1.29 is 4.79 Å². The summed E-state index contributed by atoms with van der Waals surface area (Å²) < 4.78 is 0. The van der Waals surface area contributed by atoms with Crippen LogP contribution in [0.4, 0.5) is 5.69 Å². The molecule has 1 aromatic rings. The smallest absolute Gasteiger partial charge is 0.251 e. The summed E-state index contributed by atoms with van der Waals surface area (Å²) in [5, 5.41) is 9.67. The number of nitrogens with zero attached hydrogens (tertiary/aromatic N) is 3. The Bertz CT molecular complexity index is 620. The monoisotopic (exact) mass is 312 g/mol. The molecule has 0 radical (unpaired) electrons. The zero-order valence-electron chi connectivity index (χ0n) is 13.7. The summed E-state index contributed by atoms with van der Waals surface area (Å²) in [4.78, 5) is 14.9. The van der Waals surface area contributed by atoms with E-state index < -0.39 is 0 Å². The quantitative estimate of drug-likeness (QED) is 0.927. The van der Waals surface area contributed by atoms with E-state index in [2.05, 4.69) is 15.3 Å². The van der Waals surface area contributed by atoms with Gasteiger partial charge < -0.3 is 5.32 Å². The van der Waals surface area contributed by atoms with E-state index in [-0.39, 0.29) is 5.91 Å². The van der Waals surface area contributed by atoms with Crippen LogP contribution < -0.4 is 10.3 Å². The Balaban J connectivity index is 1.35. The summed E-state index contributed by atoms with van der Waals surface area (Å²) in [6.45, 7) is 5.11. The van der Waals surface area contributed by atoms with Crippen LogP contribution in [0, 0.1) is 0 Å². The van der Waals surface area contributed by atoms with E-state index in [4.69, 9.17) is 0 Å². The molecular weight excluding hydrogens is 288 g/mol. The molecule has 122 valence electrons. The number of hydrazone groups is 1. The van der Waals surface area contributed by atoms with Gasteiger partial charge in [0, 0.05) is 49.4 Å². The van der Waals surface area contributed by atoms with E-state index in [0.29, 0.717) is 6.04 Å². The molecule has 4 rings (SSSR count). The molecule has 1 aromatic carbocycles. The number of likely N-dealkylation sites (tertiary alicyclic amines) is 1. The van der Waals surface area contributed by atoms with Crippen molar-refractivity contribution in [2.24, 2.45) is 5.10 Å². The van der Waals surface area contributed by atoms with Crippen LogP contribution in [0.15, 0.2) is 29.4 Å². The molecule has 0 aromatic heterocycles. The maximum Gasteiger partial charge on any atom is 0.251 e. The minimum Gasteiger partial charge on any atom is -0.348 e. The van der Waals surface area contributed by atoms with Gasteiger partial charge >= 0.3 is 0 Å². The summed E-state index contributed by atoms with van der Waals surface area (Å²) in [5.74, 6) is 0.0419. The fourth-order valence-corrected chi connectivity index (χ4v) is 3.49. The number of carbonyl (C=O) groups excluding carboxylic acids is 1. The van der Waals surface area contributed by atoms with Crippen LogP contribution in [0.5, 0.6) is 0 Å². The van der Waals surface area contributed by atoms with Gasteiger partial charge in [0.25, 0.3) is 5.91 Å². The number of rotatable bonds is 4. The van der Waals surface area contributed by atoms with Crippen LogP contribution in [0.3, 0.4) is 0 Å². The third kappa shape index (κ3) is 3.24. The summed E-state index contributed by atoms with van der Waals surface area (Å²) in [6.07, 6.45) is 4.75. The Morgan fingerprint density at radius 1 is 1.17 bits per heavy atom. The predicted octanol–water partition coefficient (Wildman–Crippen LogP) is 2.24. The van der Waals surface area contributed by atoms with Crippen molar-refractivity contribution in [1.29, 1.82) is 0 Å². The third-order valence-corrected chi connectivity index (χ3v) is 5.02. The van der Waals surface area contributed by atoms with Gasteiger partial charge in [-0.15, -0.1) is 0 Å². The van der Waals surface area contributed by atoms with Crippen molar-refractivity contribution in [1.82, 2.24) is 10.2 Å². The molecule has 1 saturated heterocycles. The van der Waals surface area contributed by atoms with Gasteiger partial charge in [0.15, 0.2) is 0 Å². The van der Waals surface area contributed by atoms with Crippen LogP contribution in [-0.2, 0) is 0 Å². The van der Waals surface area contributed by atoms with Gasteiger partial charge in [0.2, 0.25) is 0 Å². The van der Waals surface area contributed by atoms with Gasteiger partial charge in [-0.05, 0) is 50.5 Å². The number of nitrogens with one attached hydrogen (secondary N) is 1. The van der Waals surface area contributed by atoms with E-state index in [0.717, 1.165) is 55.5 Å². The topological polar surface area (TPSA) is 47.9 Å². The first kappa shape index (κ1) is 14.7. The fourth-order valence-electron chi connectivity index (χ4n) is 3.49. The average Bonchev–Trinajstić information content (AvgIpc) is 3.16. The molecule has 2 fully saturated rings. The highest BCUT2D eigenvalue weighted by atomic mass is 16.1. The minimum atomic E-state index is 0.0419. The molecule has 23 heavy (non-hydrogen) atoms. The van der Waals surface area contributed by atoms with Crippen LogP contribution in [0.1, 0.15) is 43.0 Å². The Morgan fingerprint density at radius 2 is 1.96 bits per heavy atom. The first-order chi connectivity index (χ1) is 11.2. The molecule has 1 aliphatic carbocycles. The largest absolute Gasteiger partial charge is 0.348 e. The first-order valence-corrected chi connectivity index (χ1v) is 8.65. The predicted molar refractivity (Wildman–Crippen MR) is 92.0 cm³/mol. The lowest BCUT2D eigenvalue weighted by Crippen LogP contribution is -2.37. The second-order valence-electron chi connectivity index (χ2n) is 6.94. The highest BCUT2D eigenvalue weighted by Crippen LogP contribution is 2.29. The molecular formula is C18H24N4O. The lowest BCUT2D eigenvalue weighted by Gasteiger charge is -2.16. The highest BCUT2D eigenvalue weighted by Gasteiger charge is 2.34. The van der Waals surface area contributed by atoms with Gasteiger partial charge in [-0.2, -0.15) is 5.10 Å². The van der Waals surface area contributed by atoms with Gasteiger partial charge in [0.05, 0.1) is 5.69 Å². The molecule has 1 N–H and O–H groups in total. The van der Waals surface area contributed by atoms with Gasteiger partial charge in [-0.25, -0.2) is 0 Å². The molecule has 0 spiro atoms. The highest BCUT2D eigenvalue weighted by molar-refractivity contribution is 5.95. The first-order valence-electron chi connectivity index (χ1n) is 8.65. The standard InChI is InChI=1S/C18H24N4O/c1-13-8-11-22(20-13)17-4-2-14(3-5-17)18(23)19-15-9-10-21(12-15)16-6-7-16/h2-5,15-16H,6-12H2,1H3,(H,19,23)/t15-/m0/s1. The SMILES string of the molecule is CC1=NN(c2ccc(C(=O)N[C@H]3CCN(C4CC4)C3)cc2)CC1. The Labute approximate surface area is 137 Å². The third-order valence-electron chi connectivity index (χ3n) is 5.02. The van der Waals surface area contributed by atoms with Gasteiger partial charge in [0.1, 0.15) is 0 Å². The summed E-state index contributed by atoms with van der Waals surface area (Å²) in [6, 6.07) is 8.88. The zero-order chi connectivity index (χ0) is 15.8. The summed E-state index contributed by atoms with van der Waals surface area (Å²) in [5.41, 5.74) is 2.95. The van der Waals surface area contributed by atoms with Gasteiger partial charge in [-0.1, -0.05) is 0 Å². The van der Waals surface area contributed by atoms with Crippen molar-refractivity contribution in [2.75, 3.05) is 24.6 Å². The van der Waals surface area contributed by atoms with Crippen molar-refractivity contribution in [3.05, 3.63) is 29.8 Å².